The van der Waals surface area contributed by atoms with Gasteiger partial charge in [-0.15, -0.1) is 0 Å². The van der Waals surface area contributed by atoms with Crippen LogP contribution >= 0.6 is 0 Å². The minimum atomic E-state index is -0.184. The maximum atomic E-state index is 13.3. The fraction of sp³-hybridized carbons (Fsp3) is 0.594. The third-order valence-electron chi connectivity index (χ3n) is 6.54. The summed E-state index contributed by atoms with van der Waals surface area (Å²) in [5, 5.41) is 0.858. The zero-order chi connectivity index (χ0) is 27.0. The first-order chi connectivity index (χ1) is 17.9. The Hall–Kier alpha value is -2.69. The number of fused-ring (bicyclic) bond motifs is 1. The van der Waals surface area contributed by atoms with Crippen LogP contribution in [0.5, 0.6) is 17.2 Å². The standard InChI is InChI=1S/C32H49NO4/c1-7-9-11-12-13-14-22-35-27-18-19-28-29(24-27)33(6)32(34)31(36-21-10-8-2)30(28)37-23-20-26(5)17-15-16-25(3)4/h16,18-20,24H,7-15,17,21-23H2,1-6H3/b26-20+. The number of hydrogen-bond donors (Lipinski definition) is 0. The molecule has 0 spiro atoms. The highest BCUT2D eigenvalue weighted by Crippen LogP contribution is 2.34. The molecule has 0 aliphatic carbocycles. The van der Waals surface area contributed by atoms with Crippen LogP contribution in [-0.2, 0) is 7.05 Å². The second-order valence-electron chi connectivity index (χ2n) is 10.2. The fourth-order valence-corrected chi connectivity index (χ4v) is 4.17. The summed E-state index contributed by atoms with van der Waals surface area (Å²) in [5.41, 5.74) is 3.20. The zero-order valence-corrected chi connectivity index (χ0v) is 24.2. The number of aromatic nitrogens is 1. The van der Waals surface area contributed by atoms with E-state index in [0.717, 1.165) is 48.8 Å². The van der Waals surface area contributed by atoms with E-state index in [-0.39, 0.29) is 5.56 Å². The van der Waals surface area contributed by atoms with Crippen LogP contribution in [-0.4, -0.2) is 24.4 Å². The van der Waals surface area contributed by atoms with Gasteiger partial charge in [0.2, 0.25) is 5.75 Å². The van der Waals surface area contributed by atoms with Crippen molar-refractivity contribution in [2.45, 2.75) is 98.8 Å². The summed E-state index contributed by atoms with van der Waals surface area (Å²) in [6, 6.07) is 5.89. The number of nitrogens with zero attached hydrogens (tertiary/aromatic N) is 1. The molecule has 0 saturated heterocycles. The molecule has 2 aromatic rings. The summed E-state index contributed by atoms with van der Waals surface area (Å²) in [7, 11) is 1.78. The molecule has 0 atom stereocenters. The molecule has 0 amide bonds. The molecule has 5 nitrogen and oxygen atoms in total. The van der Waals surface area contributed by atoms with E-state index >= 15 is 0 Å². The summed E-state index contributed by atoms with van der Waals surface area (Å²) in [6.07, 6.45) is 15.6. The maximum absolute atomic E-state index is 13.3. The van der Waals surface area contributed by atoms with Crippen LogP contribution in [0.1, 0.15) is 98.8 Å². The minimum Gasteiger partial charge on any atom is -0.494 e. The van der Waals surface area contributed by atoms with Crippen molar-refractivity contribution in [2.24, 2.45) is 7.05 Å². The molecule has 2 rings (SSSR count). The average Bonchev–Trinajstić information content (AvgIpc) is 2.87. The van der Waals surface area contributed by atoms with E-state index in [9.17, 15) is 4.79 Å². The zero-order valence-electron chi connectivity index (χ0n) is 24.2. The Morgan fingerprint density at radius 1 is 0.838 bits per heavy atom. The van der Waals surface area contributed by atoms with E-state index in [1.807, 2.05) is 18.2 Å². The van der Waals surface area contributed by atoms with Gasteiger partial charge in [0.15, 0.2) is 5.75 Å². The Kier molecular flexibility index (Phi) is 14.0. The second-order valence-corrected chi connectivity index (χ2v) is 10.2. The molecule has 37 heavy (non-hydrogen) atoms. The third kappa shape index (κ3) is 10.3. The smallest absolute Gasteiger partial charge is 0.297 e. The Labute approximate surface area is 224 Å². The average molecular weight is 512 g/mol. The highest BCUT2D eigenvalue weighted by Gasteiger charge is 2.19. The SMILES string of the molecule is CCCCCCCCOc1ccc2c(OC/C=C(\C)CCC=C(C)C)c(OCCCC)c(=O)n(C)c2c1. The predicted molar refractivity (Wildman–Crippen MR) is 156 cm³/mol. The van der Waals surface area contributed by atoms with Crippen molar-refractivity contribution in [3.8, 4) is 17.2 Å². The molecule has 0 aliphatic heterocycles. The molecule has 1 aromatic carbocycles. The van der Waals surface area contributed by atoms with Crippen LogP contribution in [0.4, 0.5) is 0 Å². The van der Waals surface area contributed by atoms with Crippen LogP contribution in [0, 0.1) is 0 Å². The Balaban J connectivity index is 2.22. The molecule has 1 aromatic heterocycles. The van der Waals surface area contributed by atoms with Gasteiger partial charge in [-0.05, 0) is 64.7 Å². The summed E-state index contributed by atoms with van der Waals surface area (Å²) >= 11 is 0. The molecule has 0 bridgehead atoms. The first-order valence-electron chi connectivity index (χ1n) is 14.2. The number of aryl methyl sites for hydroxylation is 1. The molecule has 206 valence electrons. The van der Waals surface area contributed by atoms with Gasteiger partial charge in [-0.1, -0.05) is 69.6 Å². The van der Waals surface area contributed by atoms with E-state index in [4.69, 9.17) is 14.2 Å². The van der Waals surface area contributed by atoms with E-state index < -0.39 is 0 Å². The number of allylic oxidation sites excluding steroid dienone is 3. The van der Waals surface area contributed by atoms with Gasteiger partial charge >= 0.3 is 0 Å². The third-order valence-corrected chi connectivity index (χ3v) is 6.54. The van der Waals surface area contributed by atoms with Crippen molar-refractivity contribution in [3.63, 3.8) is 0 Å². The van der Waals surface area contributed by atoms with Crippen molar-refractivity contribution in [1.82, 2.24) is 4.57 Å². The summed E-state index contributed by atoms with van der Waals surface area (Å²) in [4.78, 5) is 13.3. The summed E-state index contributed by atoms with van der Waals surface area (Å²) in [6.45, 7) is 12.3. The highest BCUT2D eigenvalue weighted by atomic mass is 16.5. The quantitative estimate of drug-likeness (QED) is 0.149. The topological polar surface area (TPSA) is 49.7 Å². The second kappa shape index (κ2) is 16.9. The largest absolute Gasteiger partial charge is 0.494 e. The van der Waals surface area contributed by atoms with E-state index in [0.29, 0.717) is 31.3 Å². The van der Waals surface area contributed by atoms with E-state index in [1.54, 1.807) is 11.6 Å². The highest BCUT2D eigenvalue weighted by molar-refractivity contribution is 5.89. The Morgan fingerprint density at radius 3 is 2.27 bits per heavy atom. The normalized spacial score (nSPS) is 11.6. The fourth-order valence-electron chi connectivity index (χ4n) is 4.17. The Morgan fingerprint density at radius 2 is 1.54 bits per heavy atom. The van der Waals surface area contributed by atoms with Gasteiger partial charge in [0, 0.05) is 18.5 Å². The van der Waals surface area contributed by atoms with Crippen LogP contribution in [0.2, 0.25) is 0 Å². The van der Waals surface area contributed by atoms with Crippen molar-refractivity contribution in [2.75, 3.05) is 19.8 Å². The number of hydrogen-bond acceptors (Lipinski definition) is 4. The van der Waals surface area contributed by atoms with Crippen LogP contribution < -0.4 is 19.8 Å². The molecule has 1 heterocycles. The lowest BCUT2D eigenvalue weighted by molar-refractivity contribution is 0.275. The first kappa shape index (κ1) is 30.5. The monoisotopic (exact) mass is 511 g/mol. The number of ether oxygens (including phenoxy) is 3. The molecule has 0 radical (unpaired) electrons. The van der Waals surface area contributed by atoms with Crippen LogP contribution in [0.3, 0.4) is 0 Å². The lowest BCUT2D eigenvalue weighted by atomic mass is 10.1. The van der Waals surface area contributed by atoms with Gasteiger partial charge in [0.05, 0.1) is 18.7 Å². The van der Waals surface area contributed by atoms with Gasteiger partial charge in [-0.25, -0.2) is 0 Å². The number of rotatable bonds is 18. The lowest BCUT2D eigenvalue weighted by Crippen LogP contribution is -2.21. The lowest BCUT2D eigenvalue weighted by Gasteiger charge is -2.17. The van der Waals surface area contributed by atoms with Gasteiger partial charge in [0.25, 0.3) is 5.56 Å². The van der Waals surface area contributed by atoms with E-state index in [2.05, 4.69) is 46.8 Å². The maximum Gasteiger partial charge on any atom is 0.297 e. The molecule has 0 aliphatic rings. The van der Waals surface area contributed by atoms with Gasteiger partial charge < -0.3 is 18.8 Å². The summed E-state index contributed by atoms with van der Waals surface area (Å²) < 4.78 is 19.9. The van der Waals surface area contributed by atoms with Crippen molar-refractivity contribution < 1.29 is 14.2 Å². The molecule has 0 unspecified atom stereocenters. The minimum absolute atomic E-state index is 0.184. The van der Waals surface area contributed by atoms with Gasteiger partial charge in [-0.3, -0.25) is 4.79 Å². The Bertz CT molecular complexity index is 1080. The van der Waals surface area contributed by atoms with E-state index in [1.165, 1.54) is 43.3 Å². The molecular formula is C32H49NO4. The molecule has 5 heteroatoms. The number of unbranched alkanes of at least 4 members (excludes halogenated alkanes) is 6. The first-order valence-corrected chi connectivity index (χ1v) is 14.2. The van der Waals surface area contributed by atoms with Crippen LogP contribution in [0.25, 0.3) is 10.9 Å². The van der Waals surface area contributed by atoms with Gasteiger partial charge in [-0.2, -0.15) is 0 Å². The number of benzene rings is 1. The predicted octanol–water partition coefficient (Wildman–Crippen LogP) is 8.53. The van der Waals surface area contributed by atoms with Gasteiger partial charge in [0.1, 0.15) is 12.4 Å². The number of pyridine rings is 1. The van der Waals surface area contributed by atoms with Crippen molar-refractivity contribution in [3.05, 3.63) is 51.9 Å². The molecule has 0 N–H and O–H groups in total. The van der Waals surface area contributed by atoms with Crippen molar-refractivity contribution >= 4 is 10.9 Å². The van der Waals surface area contributed by atoms with Crippen molar-refractivity contribution in [1.29, 1.82) is 0 Å². The summed E-state index contributed by atoms with van der Waals surface area (Å²) in [5.74, 6) is 1.58. The molecule has 0 fully saturated rings. The molecule has 0 saturated carbocycles. The molecular weight excluding hydrogens is 462 g/mol. The van der Waals surface area contributed by atoms with Crippen LogP contribution in [0.15, 0.2) is 46.3 Å².